The Morgan fingerprint density at radius 1 is 0.573 bits per heavy atom. The number of quaternary nitrogens is 1. The number of benzene rings is 4. The predicted molar refractivity (Wildman–Crippen MR) is 284 cm³/mol. The molecule has 0 saturated heterocycles. The van der Waals surface area contributed by atoms with Crippen molar-refractivity contribution in [3.05, 3.63) is 81.9 Å². The molecule has 0 amide bonds. The molecule has 1 heterocycles. The number of carbonyl (C=O) groups is 2. The standard InChI is InChI=1S/C57H79N2O16/c1-36(28-37-30-42(62-4)52(68-10)43(31-37)63-5)50-39(34-46(66-8)54(70-12)56(50)72-14)20-23-58(2)22-16-26-74-48(60)18-19-49(61)75-27-17-24-59(3)25-21-40-35-47(67-9)55(71-13)57(73-15)51(40)41(59)29-38-32-44(64-6)53(69-11)45(33-38)65-7/h18-19,30-36,41H,16-17,20-29H2,1-15H3/q+1/b19-18-. The summed E-state index contributed by atoms with van der Waals surface area (Å²) < 4.78 is 80.7. The SMILES string of the molecule is COc1cc(CC(C)c2c(CCN(C)CCCOC(=O)/C=C\C(=O)OCCC[N+]3(C)CCc4cc(OC)c(OC)c(OC)c4C3Cc3cc(OC)c(OC)c(OC)c3)cc(OC)c(OC)c2OC)cc(OC)c1OC. The molecule has 3 atom stereocenters. The van der Waals surface area contributed by atoms with Crippen molar-refractivity contribution in [1.29, 1.82) is 0 Å². The summed E-state index contributed by atoms with van der Waals surface area (Å²) >= 11 is 0. The molecule has 0 aliphatic carbocycles. The molecule has 0 fully saturated rings. The van der Waals surface area contributed by atoms with Gasteiger partial charge in [-0.15, -0.1) is 0 Å². The quantitative estimate of drug-likeness (QED) is 0.0213. The van der Waals surface area contributed by atoms with Gasteiger partial charge in [-0.05, 0) is 90.9 Å². The summed E-state index contributed by atoms with van der Waals surface area (Å²) in [4.78, 5) is 27.7. The van der Waals surface area contributed by atoms with Gasteiger partial charge in [0, 0.05) is 50.1 Å². The Labute approximate surface area is 443 Å². The first-order valence-electron chi connectivity index (χ1n) is 24.9. The topological polar surface area (TPSA) is 167 Å². The summed E-state index contributed by atoms with van der Waals surface area (Å²) in [5.74, 6) is 5.47. The van der Waals surface area contributed by atoms with E-state index in [1.165, 1.54) is 0 Å². The highest BCUT2D eigenvalue weighted by molar-refractivity contribution is 5.91. The number of methoxy groups -OCH3 is 12. The van der Waals surface area contributed by atoms with Gasteiger partial charge in [-0.25, -0.2) is 9.59 Å². The van der Waals surface area contributed by atoms with Crippen molar-refractivity contribution in [2.75, 3.05) is 139 Å². The Bertz CT molecular complexity index is 2530. The van der Waals surface area contributed by atoms with Crippen molar-refractivity contribution in [3.8, 4) is 69.0 Å². The minimum atomic E-state index is -0.630. The third-order valence-corrected chi connectivity index (χ3v) is 13.9. The maximum absolute atomic E-state index is 12.9. The molecule has 1 aliphatic heterocycles. The van der Waals surface area contributed by atoms with Crippen LogP contribution in [-0.4, -0.2) is 160 Å². The third-order valence-electron chi connectivity index (χ3n) is 13.9. The Balaban J connectivity index is 1.16. The van der Waals surface area contributed by atoms with E-state index in [1.807, 2.05) is 43.4 Å². The number of ether oxygens (including phenoxy) is 14. The fraction of sp³-hybridized carbons (Fsp3) is 0.509. The molecule has 0 spiro atoms. The molecule has 4 aromatic carbocycles. The van der Waals surface area contributed by atoms with E-state index in [1.54, 1.807) is 85.3 Å². The van der Waals surface area contributed by atoms with Crippen LogP contribution in [0.1, 0.15) is 65.1 Å². The zero-order chi connectivity index (χ0) is 54.8. The van der Waals surface area contributed by atoms with Crippen LogP contribution in [0.2, 0.25) is 0 Å². The van der Waals surface area contributed by atoms with E-state index >= 15 is 0 Å². The van der Waals surface area contributed by atoms with Crippen LogP contribution in [0, 0.1) is 0 Å². The van der Waals surface area contributed by atoms with Crippen LogP contribution in [0.25, 0.3) is 0 Å². The molecule has 3 unspecified atom stereocenters. The zero-order valence-electron chi connectivity index (χ0n) is 46.7. The van der Waals surface area contributed by atoms with Gasteiger partial charge >= 0.3 is 11.9 Å². The number of likely N-dealkylation sites (N-methyl/N-ethyl adjacent to an activating group) is 2. The largest absolute Gasteiger partial charge is 0.493 e. The lowest BCUT2D eigenvalue weighted by Gasteiger charge is -2.46. The van der Waals surface area contributed by atoms with Crippen molar-refractivity contribution in [2.45, 2.75) is 57.4 Å². The normalized spacial score (nSPS) is 15.3. The Morgan fingerprint density at radius 3 is 1.52 bits per heavy atom. The van der Waals surface area contributed by atoms with Crippen LogP contribution >= 0.6 is 0 Å². The molecule has 18 nitrogen and oxygen atoms in total. The van der Waals surface area contributed by atoms with Crippen LogP contribution in [0.3, 0.4) is 0 Å². The minimum Gasteiger partial charge on any atom is -0.493 e. The summed E-state index contributed by atoms with van der Waals surface area (Å²) in [6, 6.07) is 11.8. The molecule has 75 heavy (non-hydrogen) atoms. The van der Waals surface area contributed by atoms with E-state index < -0.39 is 11.9 Å². The molecule has 0 saturated carbocycles. The lowest BCUT2D eigenvalue weighted by Crippen LogP contribution is -2.52. The van der Waals surface area contributed by atoms with Crippen molar-refractivity contribution in [2.24, 2.45) is 0 Å². The molecule has 0 bridgehead atoms. The monoisotopic (exact) mass is 1050 g/mol. The third kappa shape index (κ3) is 14.1. The number of rotatable bonds is 30. The second-order valence-corrected chi connectivity index (χ2v) is 18.4. The van der Waals surface area contributed by atoms with Gasteiger partial charge in [0.25, 0.3) is 0 Å². The summed E-state index contributed by atoms with van der Waals surface area (Å²) in [7, 11) is 23.5. The molecule has 4 aromatic rings. The van der Waals surface area contributed by atoms with E-state index in [4.69, 9.17) is 66.3 Å². The van der Waals surface area contributed by atoms with Gasteiger partial charge in [0.2, 0.25) is 23.0 Å². The van der Waals surface area contributed by atoms with Gasteiger partial charge in [-0.3, -0.25) is 0 Å². The molecular formula is C57H79N2O16+. The van der Waals surface area contributed by atoms with Gasteiger partial charge in [0.15, 0.2) is 46.0 Å². The second kappa shape index (κ2) is 28.1. The number of nitrogens with zero attached hydrogens (tertiary/aromatic N) is 2. The Kier molecular flexibility index (Phi) is 22.1. The van der Waals surface area contributed by atoms with E-state index in [2.05, 4.69) is 18.9 Å². The summed E-state index contributed by atoms with van der Waals surface area (Å²) in [5.41, 5.74) is 6.14. The number of hydrogen-bond donors (Lipinski definition) is 0. The minimum absolute atomic E-state index is 0.0161. The molecule has 1 aliphatic rings. The van der Waals surface area contributed by atoms with Gasteiger partial charge in [-0.2, -0.15) is 0 Å². The maximum atomic E-state index is 12.9. The van der Waals surface area contributed by atoms with Gasteiger partial charge < -0.3 is 75.7 Å². The van der Waals surface area contributed by atoms with Crippen LogP contribution in [0.5, 0.6) is 69.0 Å². The fourth-order valence-corrected chi connectivity index (χ4v) is 10.2. The molecule has 0 aromatic heterocycles. The first-order valence-corrected chi connectivity index (χ1v) is 24.9. The van der Waals surface area contributed by atoms with Crippen LogP contribution in [-0.2, 0) is 44.7 Å². The summed E-state index contributed by atoms with van der Waals surface area (Å²) in [6.07, 6.45) is 6.00. The number of fused-ring (bicyclic) bond motifs is 1. The highest BCUT2D eigenvalue weighted by Crippen LogP contribution is 2.51. The van der Waals surface area contributed by atoms with E-state index in [-0.39, 0.29) is 25.2 Å². The molecule has 412 valence electrons. The molecule has 0 N–H and O–H groups in total. The molecule has 18 heteroatoms. The van der Waals surface area contributed by atoms with Gasteiger partial charge in [0.05, 0.1) is 124 Å². The smallest absolute Gasteiger partial charge is 0.331 e. The second-order valence-electron chi connectivity index (χ2n) is 18.4. The van der Waals surface area contributed by atoms with Crippen LogP contribution < -0.4 is 56.8 Å². The molecular weight excluding hydrogens is 969 g/mol. The highest BCUT2D eigenvalue weighted by atomic mass is 16.6. The van der Waals surface area contributed by atoms with Crippen LogP contribution in [0.4, 0.5) is 0 Å². The average molecular weight is 1050 g/mol. The fourth-order valence-electron chi connectivity index (χ4n) is 10.2. The highest BCUT2D eigenvalue weighted by Gasteiger charge is 2.43. The summed E-state index contributed by atoms with van der Waals surface area (Å²) in [6.45, 7) is 5.27. The predicted octanol–water partition coefficient (Wildman–Crippen LogP) is 8.02. The van der Waals surface area contributed by atoms with E-state index in [0.717, 1.165) is 58.5 Å². The van der Waals surface area contributed by atoms with Gasteiger partial charge in [-0.1, -0.05) is 6.92 Å². The van der Waals surface area contributed by atoms with Crippen molar-refractivity contribution >= 4 is 11.9 Å². The first-order chi connectivity index (χ1) is 36.2. The average Bonchev–Trinajstić information content (AvgIpc) is 3.42. The number of esters is 2. The van der Waals surface area contributed by atoms with Crippen LogP contribution in [0.15, 0.2) is 48.6 Å². The van der Waals surface area contributed by atoms with E-state index in [9.17, 15) is 9.59 Å². The summed E-state index contributed by atoms with van der Waals surface area (Å²) in [5, 5.41) is 0. The number of hydrogen-bond acceptors (Lipinski definition) is 17. The lowest BCUT2D eigenvalue weighted by molar-refractivity contribution is -0.941. The number of carbonyl (C=O) groups excluding carboxylic acids is 2. The molecule has 5 rings (SSSR count). The first kappa shape index (κ1) is 59.0. The van der Waals surface area contributed by atoms with Gasteiger partial charge in [0.1, 0.15) is 6.04 Å². The zero-order valence-corrected chi connectivity index (χ0v) is 46.7. The maximum Gasteiger partial charge on any atom is 0.331 e. The van der Waals surface area contributed by atoms with E-state index in [0.29, 0.717) is 125 Å². The molecule has 0 radical (unpaired) electrons. The van der Waals surface area contributed by atoms with Crippen molar-refractivity contribution in [3.63, 3.8) is 0 Å². The van der Waals surface area contributed by atoms with Crippen molar-refractivity contribution < 1.29 is 80.4 Å². The lowest BCUT2D eigenvalue weighted by atomic mass is 9.85. The van der Waals surface area contributed by atoms with Crippen molar-refractivity contribution in [1.82, 2.24) is 4.90 Å². The Hall–Kier alpha value is -6.92. The Morgan fingerprint density at radius 2 is 1.03 bits per heavy atom.